The lowest BCUT2D eigenvalue weighted by molar-refractivity contribution is -0.159. The molecular weight excluding hydrogens is 418 g/mol. The van der Waals surface area contributed by atoms with Crippen LogP contribution in [0.2, 0.25) is 0 Å². The van der Waals surface area contributed by atoms with Crippen LogP contribution in [0.4, 0.5) is 26.3 Å². The second kappa shape index (κ2) is 6.96. The summed E-state index contributed by atoms with van der Waals surface area (Å²) in [6.45, 7) is 0.298. The first-order valence-corrected chi connectivity index (χ1v) is 8.67. The molecule has 0 amide bonds. The van der Waals surface area contributed by atoms with Crippen molar-refractivity contribution >= 4 is 0 Å². The molecule has 1 aliphatic rings. The quantitative estimate of drug-likeness (QED) is 0.582. The Morgan fingerprint density at radius 3 is 2.43 bits per heavy atom. The molecule has 0 aliphatic heterocycles. The molecule has 6 nitrogen and oxygen atoms in total. The van der Waals surface area contributed by atoms with E-state index >= 15 is 0 Å². The lowest BCUT2D eigenvalue weighted by Crippen LogP contribution is -2.20. The Morgan fingerprint density at radius 2 is 1.87 bits per heavy atom. The van der Waals surface area contributed by atoms with E-state index in [9.17, 15) is 31.1 Å². The van der Waals surface area contributed by atoms with Gasteiger partial charge in [0.1, 0.15) is 0 Å². The molecule has 3 aromatic rings. The molecule has 1 saturated carbocycles. The first-order valence-electron chi connectivity index (χ1n) is 8.67. The van der Waals surface area contributed by atoms with Crippen LogP contribution < -0.4 is 5.56 Å². The van der Waals surface area contributed by atoms with Gasteiger partial charge in [-0.1, -0.05) is 5.16 Å². The average molecular weight is 430 g/mol. The summed E-state index contributed by atoms with van der Waals surface area (Å²) in [5.41, 5.74) is -0.710. The van der Waals surface area contributed by atoms with E-state index < -0.39 is 29.4 Å². The zero-order valence-corrected chi connectivity index (χ0v) is 14.9. The third-order valence-electron chi connectivity index (χ3n) is 4.77. The van der Waals surface area contributed by atoms with E-state index in [4.69, 9.17) is 0 Å². The molecule has 0 spiro atoms. The molecule has 158 valence electrons. The van der Waals surface area contributed by atoms with Crippen LogP contribution in [0.5, 0.6) is 0 Å². The van der Waals surface area contributed by atoms with E-state index in [0.29, 0.717) is 18.7 Å². The Kier molecular flexibility index (Phi) is 4.66. The molecule has 0 radical (unpaired) electrons. The van der Waals surface area contributed by atoms with Gasteiger partial charge >= 0.3 is 18.2 Å². The van der Waals surface area contributed by atoms with Crippen molar-refractivity contribution in [2.75, 3.05) is 0 Å². The minimum atomic E-state index is -4.78. The normalized spacial score (nSPS) is 19.1. The monoisotopic (exact) mass is 430 g/mol. The zero-order valence-electron chi connectivity index (χ0n) is 14.9. The van der Waals surface area contributed by atoms with E-state index in [1.807, 2.05) is 0 Å². The lowest BCUT2D eigenvalue weighted by Gasteiger charge is -2.08. The molecule has 1 aliphatic carbocycles. The topological polar surface area (TPSA) is 73.8 Å². The molecule has 2 atom stereocenters. The fourth-order valence-electron chi connectivity index (χ4n) is 3.11. The highest BCUT2D eigenvalue weighted by Crippen LogP contribution is 2.47. The number of alkyl halides is 6. The second-order valence-electron chi connectivity index (χ2n) is 6.90. The van der Waals surface area contributed by atoms with Crippen molar-refractivity contribution in [3.8, 4) is 11.4 Å². The minimum absolute atomic E-state index is 0.0137. The molecule has 0 unspecified atom stereocenters. The molecule has 0 aromatic carbocycles. The molecule has 0 N–H and O–H groups in total. The van der Waals surface area contributed by atoms with Crippen molar-refractivity contribution < 1.29 is 30.9 Å². The Morgan fingerprint density at radius 1 is 1.10 bits per heavy atom. The van der Waals surface area contributed by atoms with Crippen LogP contribution in [0.3, 0.4) is 0 Å². The van der Waals surface area contributed by atoms with E-state index in [-0.39, 0.29) is 23.2 Å². The summed E-state index contributed by atoms with van der Waals surface area (Å²) >= 11 is 0. The fourth-order valence-corrected chi connectivity index (χ4v) is 3.11. The van der Waals surface area contributed by atoms with Crippen molar-refractivity contribution in [2.45, 2.75) is 31.2 Å². The molecular formula is C18H12F6N4O2. The lowest BCUT2D eigenvalue weighted by atomic mass is 10.2. The van der Waals surface area contributed by atoms with Crippen LogP contribution in [-0.2, 0) is 18.9 Å². The third kappa shape index (κ3) is 4.07. The highest BCUT2D eigenvalue weighted by molar-refractivity contribution is 5.52. The Hall–Kier alpha value is -3.18. The minimum Gasteiger partial charge on any atom is -0.329 e. The molecule has 12 heteroatoms. The summed E-state index contributed by atoms with van der Waals surface area (Å²) in [4.78, 5) is 19.4. The van der Waals surface area contributed by atoms with Gasteiger partial charge in [0.25, 0.3) is 5.56 Å². The average Bonchev–Trinajstić information content (AvgIpc) is 3.23. The first kappa shape index (κ1) is 20.1. The van der Waals surface area contributed by atoms with Gasteiger partial charge in [-0.25, -0.2) is 0 Å². The predicted octanol–water partition coefficient (Wildman–Crippen LogP) is 4.13. The van der Waals surface area contributed by atoms with Gasteiger partial charge in [-0.2, -0.15) is 31.3 Å². The summed E-state index contributed by atoms with van der Waals surface area (Å²) in [6, 6.07) is 4.78. The van der Waals surface area contributed by atoms with E-state index in [1.165, 1.54) is 22.9 Å². The molecule has 4 rings (SSSR count). The molecule has 30 heavy (non-hydrogen) atoms. The SMILES string of the molecule is O=c1cc(-c2noc(C(F)(F)F)n2)ccn1C[C@@H]1C[C@@H]1c1ccc(C(F)(F)F)cn1. The number of halogens is 6. The van der Waals surface area contributed by atoms with Crippen LogP contribution in [0.1, 0.15) is 29.5 Å². The van der Waals surface area contributed by atoms with Gasteiger partial charge in [-0.05, 0) is 30.5 Å². The van der Waals surface area contributed by atoms with Gasteiger partial charge in [-0.3, -0.25) is 9.78 Å². The van der Waals surface area contributed by atoms with Crippen LogP contribution in [0.15, 0.2) is 46.0 Å². The second-order valence-corrected chi connectivity index (χ2v) is 6.90. The molecule has 0 bridgehead atoms. The first-order chi connectivity index (χ1) is 14.0. The molecule has 3 aromatic heterocycles. The number of nitrogens with zero attached hydrogens (tertiary/aromatic N) is 4. The summed E-state index contributed by atoms with van der Waals surface area (Å²) in [5.74, 6) is -1.92. The van der Waals surface area contributed by atoms with Crippen LogP contribution in [0.25, 0.3) is 11.4 Å². The summed E-state index contributed by atoms with van der Waals surface area (Å²) in [6.07, 6.45) is -6.40. The maximum absolute atomic E-state index is 12.6. The Bertz CT molecular complexity index is 1120. The Balaban J connectivity index is 1.44. The van der Waals surface area contributed by atoms with Gasteiger partial charge in [0.15, 0.2) is 0 Å². The molecule has 1 fully saturated rings. The number of hydrogen-bond donors (Lipinski definition) is 0. The van der Waals surface area contributed by atoms with Crippen molar-refractivity contribution in [2.24, 2.45) is 5.92 Å². The Labute approximate surface area is 164 Å². The van der Waals surface area contributed by atoms with Gasteiger partial charge in [0.2, 0.25) is 5.82 Å². The van der Waals surface area contributed by atoms with Gasteiger partial charge in [0, 0.05) is 42.2 Å². The largest absolute Gasteiger partial charge is 0.471 e. The van der Waals surface area contributed by atoms with Crippen LogP contribution in [-0.4, -0.2) is 19.7 Å². The summed E-state index contributed by atoms with van der Waals surface area (Å²) < 4.78 is 81.0. The van der Waals surface area contributed by atoms with Gasteiger partial charge < -0.3 is 9.09 Å². The van der Waals surface area contributed by atoms with E-state index in [0.717, 1.165) is 18.3 Å². The maximum Gasteiger partial charge on any atom is 0.471 e. The summed E-state index contributed by atoms with van der Waals surface area (Å²) in [7, 11) is 0. The van der Waals surface area contributed by atoms with Crippen molar-refractivity contribution in [1.82, 2.24) is 19.7 Å². The van der Waals surface area contributed by atoms with Gasteiger partial charge in [-0.15, -0.1) is 0 Å². The van der Waals surface area contributed by atoms with Crippen molar-refractivity contribution in [1.29, 1.82) is 0 Å². The maximum atomic E-state index is 12.6. The van der Waals surface area contributed by atoms with Crippen molar-refractivity contribution in [3.63, 3.8) is 0 Å². The molecule has 0 saturated heterocycles. The van der Waals surface area contributed by atoms with E-state index in [1.54, 1.807) is 0 Å². The summed E-state index contributed by atoms with van der Waals surface area (Å²) in [5, 5.41) is 3.23. The fraction of sp³-hybridized carbons (Fsp3) is 0.333. The number of hydrogen-bond acceptors (Lipinski definition) is 5. The zero-order chi connectivity index (χ0) is 21.7. The third-order valence-corrected chi connectivity index (χ3v) is 4.77. The van der Waals surface area contributed by atoms with Crippen molar-refractivity contribution in [3.05, 3.63) is 64.2 Å². The van der Waals surface area contributed by atoms with Gasteiger partial charge in [0.05, 0.1) is 5.56 Å². The number of aromatic nitrogens is 4. The number of pyridine rings is 2. The van der Waals surface area contributed by atoms with E-state index in [2.05, 4.69) is 19.6 Å². The smallest absolute Gasteiger partial charge is 0.329 e. The highest BCUT2D eigenvalue weighted by atomic mass is 19.4. The van der Waals surface area contributed by atoms with Crippen LogP contribution >= 0.6 is 0 Å². The highest BCUT2D eigenvalue weighted by Gasteiger charge is 2.41. The van der Waals surface area contributed by atoms with Crippen LogP contribution in [0, 0.1) is 5.92 Å². The molecule has 3 heterocycles. The predicted molar refractivity (Wildman–Crippen MR) is 89.1 cm³/mol. The number of rotatable bonds is 4. The standard InChI is InChI=1S/C18H12F6N4O2/c19-17(20,21)11-1-2-13(25-7-11)12-5-10(12)8-28-4-3-9(6-14(28)29)15-26-16(30-27-15)18(22,23)24/h1-4,6-7,10,12H,5,8H2/t10-,12-/m0/s1.